The lowest BCUT2D eigenvalue weighted by atomic mass is 9.94. The van der Waals surface area contributed by atoms with Gasteiger partial charge in [-0.05, 0) is 39.7 Å². The van der Waals surface area contributed by atoms with E-state index in [0.717, 1.165) is 32.5 Å². The smallest absolute Gasteiger partial charge is 0.229 e. The van der Waals surface area contributed by atoms with Crippen LogP contribution in [0.15, 0.2) is 0 Å². The number of rotatable bonds is 4. The van der Waals surface area contributed by atoms with Gasteiger partial charge in [-0.2, -0.15) is 0 Å². The van der Waals surface area contributed by atoms with Crippen LogP contribution in [0.25, 0.3) is 0 Å². The molecule has 2 rings (SSSR count). The molecule has 2 aliphatic rings. The number of carbonyl (C=O) groups is 1. The minimum Gasteiger partial charge on any atom is -0.379 e. The molecule has 2 N–H and O–H groups in total. The van der Waals surface area contributed by atoms with Crippen LogP contribution < -0.4 is 5.73 Å². The van der Waals surface area contributed by atoms with Gasteiger partial charge < -0.3 is 20.3 Å². The van der Waals surface area contributed by atoms with Crippen molar-refractivity contribution >= 4 is 5.91 Å². The van der Waals surface area contributed by atoms with Crippen LogP contribution in [-0.4, -0.2) is 67.7 Å². The molecule has 0 aromatic rings. The molecular formula is C15H29N3O2. The Kier molecular flexibility index (Phi) is 5.41. The first-order valence-electron chi connectivity index (χ1n) is 7.81. The third kappa shape index (κ3) is 3.71. The summed E-state index contributed by atoms with van der Waals surface area (Å²) >= 11 is 0. The topological polar surface area (TPSA) is 58.8 Å². The van der Waals surface area contributed by atoms with Crippen molar-refractivity contribution in [3.63, 3.8) is 0 Å². The molecule has 0 saturated carbocycles. The van der Waals surface area contributed by atoms with E-state index in [1.54, 1.807) is 0 Å². The SMILES string of the molecule is CC(C)N(C)CC1CCN(C(=O)C2COCC2N)CC1. The van der Waals surface area contributed by atoms with Crippen LogP contribution in [0.3, 0.4) is 0 Å². The molecule has 2 unspecified atom stereocenters. The quantitative estimate of drug-likeness (QED) is 0.818. The zero-order valence-corrected chi connectivity index (χ0v) is 13.0. The van der Waals surface area contributed by atoms with Crippen LogP contribution in [-0.2, 0) is 9.53 Å². The Labute approximate surface area is 122 Å². The molecule has 1 amide bonds. The second-order valence-electron chi connectivity index (χ2n) is 6.61. The van der Waals surface area contributed by atoms with E-state index in [-0.39, 0.29) is 17.9 Å². The lowest BCUT2D eigenvalue weighted by Gasteiger charge is -2.36. The van der Waals surface area contributed by atoms with Crippen LogP contribution >= 0.6 is 0 Å². The van der Waals surface area contributed by atoms with E-state index in [4.69, 9.17) is 10.5 Å². The van der Waals surface area contributed by atoms with E-state index in [9.17, 15) is 4.79 Å². The molecule has 0 spiro atoms. The van der Waals surface area contributed by atoms with Gasteiger partial charge in [0.1, 0.15) is 0 Å². The van der Waals surface area contributed by atoms with Gasteiger partial charge in [0.15, 0.2) is 0 Å². The molecule has 20 heavy (non-hydrogen) atoms. The summed E-state index contributed by atoms with van der Waals surface area (Å²) in [6.45, 7) is 8.34. The fraction of sp³-hybridized carbons (Fsp3) is 0.933. The number of hydrogen-bond acceptors (Lipinski definition) is 4. The van der Waals surface area contributed by atoms with Gasteiger partial charge in [-0.1, -0.05) is 0 Å². The maximum absolute atomic E-state index is 12.4. The van der Waals surface area contributed by atoms with Crippen LogP contribution in [0, 0.1) is 11.8 Å². The van der Waals surface area contributed by atoms with Crippen LogP contribution in [0.5, 0.6) is 0 Å². The third-order valence-electron chi connectivity index (χ3n) is 4.80. The minimum atomic E-state index is -0.120. The van der Waals surface area contributed by atoms with Gasteiger partial charge >= 0.3 is 0 Å². The average molecular weight is 283 g/mol. The lowest BCUT2D eigenvalue weighted by Crippen LogP contribution is -2.47. The van der Waals surface area contributed by atoms with Crippen molar-refractivity contribution in [2.24, 2.45) is 17.6 Å². The number of ether oxygens (including phenoxy) is 1. The largest absolute Gasteiger partial charge is 0.379 e. The van der Waals surface area contributed by atoms with Crippen molar-refractivity contribution in [3.8, 4) is 0 Å². The minimum absolute atomic E-state index is 0.118. The van der Waals surface area contributed by atoms with Crippen molar-refractivity contribution in [2.45, 2.75) is 38.8 Å². The maximum atomic E-state index is 12.4. The zero-order valence-electron chi connectivity index (χ0n) is 13.0. The molecule has 2 saturated heterocycles. The summed E-state index contributed by atoms with van der Waals surface area (Å²) in [6, 6.07) is 0.468. The number of piperidine rings is 1. The summed E-state index contributed by atoms with van der Waals surface area (Å²) in [5.41, 5.74) is 5.93. The van der Waals surface area contributed by atoms with E-state index < -0.39 is 0 Å². The third-order valence-corrected chi connectivity index (χ3v) is 4.80. The van der Waals surface area contributed by atoms with E-state index in [1.165, 1.54) is 0 Å². The fourth-order valence-corrected chi connectivity index (χ4v) is 3.01. The normalized spacial score (nSPS) is 28.6. The predicted molar refractivity (Wildman–Crippen MR) is 79.4 cm³/mol. The van der Waals surface area contributed by atoms with Crippen molar-refractivity contribution in [2.75, 3.05) is 39.9 Å². The first kappa shape index (κ1) is 15.7. The Balaban J connectivity index is 1.77. The summed E-state index contributed by atoms with van der Waals surface area (Å²) in [6.07, 6.45) is 2.21. The number of likely N-dealkylation sites (tertiary alicyclic amines) is 1. The van der Waals surface area contributed by atoms with Gasteiger partial charge in [0.05, 0.1) is 19.1 Å². The molecule has 5 nitrogen and oxygen atoms in total. The van der Waals surface area contributed by atoms with Gasteiger partial charge in [-0.15, -0.1) is 0 Å². The fourth-order valence-electron chi connectivity index (χ4n) is 3.01. The Bertz CT molecular complexity index is 327. The molecule has 116 valence electrons. The van der Waals surface area contributed by atoms with Crippen molar-refractivity contribution < 1.29 is 9.53 Å². The molecule has 0 aromatic heterocycles. The second kappa shape index (κ2) is 6.87. The van der Waals surface area contributed by atoms with Crippen molar-refractivity contribution in [3.05, 3.63) is 0 Å². The zero-order chi connectivity index (χ0) is 14.7. The first-order chi connectivity index (χ1) is 9.49. The van der Waals surface area contributed by atoms with Crippen LogP contribution in [0.4, 0.5) is 0 Å². The lowest BCUT2D eigenvalue weighted by molar-refractivity contribution is -0.137. The predicted octanol–water partition coefficient (Wildman–Crippen LogP) is 0.539. The molecule has 0 radical (unpaired) electrons. The van der Waals surface area contributed by atoms with Gasteiger partial charge in [0.25, 0.3) is 0 Å². The molecule has 2 atom stereocenters. The Morgan fingerprint density at radius 1 is 1.35 bits per heavy atom. The molecule has 0 bridgehead atoms. The molecule has 2 heterocycles. The van der Waals surface area contributed by atoms with E-state index in [2.05, 4.69) is 25.8 Å². The first-order valence-corrected chi connectivity index (χ1v) is 7.81. The van der Waals surface area contributed by atoms with Crippen LogP contribution in [0.1, 0.15) is 26.7 Å². The molecule has 2 aliphatic heterocycles. The highest BCUT2D eigenvalue weighted by atomic mass is 16.5. The number of carbonyl (C=O) groups excluding carboxylic acids is 1. The van der Waals surface area contributed by atoms with Gasteiger partial charge in [-0.3, -0.25) is 4.79 Å². The van der Waals surface area contributed by atoms with E-state index in [0.29, 0.717) is 25.2 Å². The highest BCUT2D eigenvalue weighted by molar-refractivity contribution is 5.80. The van der Waals surface area contributed by atoms with Gasteiger partial charge in [0, 0.05) is 31.7 Å². The number of hydrogen-bond donors (Lipinski definition) is 1. The number of nitrogens with zero attached hydrogens (tertiary/aromatic N) is 2. The van der Waals surface area contributed by atoms with E-state index >= 15 is 0 Å². The van der Waals surface area contributed by atoms with Gasteiger partial charge in [0.2, 0.25) is 5.91 Å². The molecule has 0 aliphatic carbocycles. The number of amides is 1. The molecule has 0 aromatic carbocycles. The molecule has 5 heteroatoms. The highest BCUT2D eigenvalue weighted by Gasteiger charge is 2.35. The number of nitrogens with two attached hydrogens (primary N) is 1. The Hall–Kier alpha value is -0.650. The molecular weight excluding hydrogens is 254 g/mol. The second-order valence-corrected chi connectivity index (χ2v) is 6.61. The maximum Gasteiger partial charge on any atom is 0.229 e. The molecule has 2 fully saturated rings. The highest BCUT2D eigenvalue weighted by Crippen LogP contribution is 2.22. The van der Waals surface area contributed by atoms with Gasteiger partial charge in [-0.25, -0.2) is 0 Å². The Morgan fingerprint density at radius 2 is 2.00 bits per heavy atom. The summed E-state index contributed by atoms with van der Waals surface area (Å²) in [5, 5.41) is 0. The average Bonchev–Trinajstić information content (AvgIpc) is 2.85. The summed E-state index contributed by atoms with van der Waals surface area (Å²) < 4.78 is 5.30. The summed E-state index contributed by atoms with van der Waals surface area (Å²) in [5.74, 6) is 0.788. The monoisotopic (exact) mass is 283 g/mol. The summed E-state index contributed by atoms with van der Waals surface area (Å²) in [7, 11) is 2.18. The van der Waals surface area contributed by atoms with Crippen molar-refractivity contribution in [1.29, 1.82) is 0 Å². The summed E-state index contributed by atoms with van der Waals surface area (Å²) in [4.78, 5) is 16.8. The van der Waals surface area contributed by atoms with Crippen LogP contribution in [0.2, 0.25) is 0 Å². The van der Waals surface area contributed by atoms with Crippen molar-refractivity contribution in [1.82, 2.24) is 9.80 Å². The Morgan fingerprint density at radius 3 is 2.50 bits per heavy atom. The van der Waals surface area contributed by atoms with E-state index in [1.807, 2.05) is 4.90 Å². The standard InChI is InChI=1S/C15H29N3O2/c1-11(2)17(3)8-12-4-6-18(7-5-12)15(19)13-9-20-10-14(13)16/h11-14H,4-10,16H2,1-3H3.